The molecule has 2 atom stereocenters. The SMILES string of the molecule is CC[C@H](C)NC(=O)[C@H](CC)N(Cc1c(Cl)cccc1Cl)C(=O)CN(c1cc(Cl)ccc1OC)S(=O)(=O)c1ccc(C)c([N+](=O)[O-])c1. The Labute approximate surface area is 283 Å². The van der Waals surface area contributed by atoms with Crippen LogP contribution in [0.1, 0.15) is 44.7 Å². The van der Waals surface area contributed by atoms with Crippen molar-refractivity contribution in [1.29, 1.82) is 0 Å². The van der Waals surface area contributed by atoms with Crippen LogP contribution < -0.4 is 14.4 Å². The Hall–Kier alpha value is -3.58. The second kappa shape index (κ2) is 15.8. The fourth-order valence-electron chi connectivity index (χ4n) is 4.66. The molecule has 0 heterocycles. The minimum atomic E-state index is -4.68. The van der Waals surface area contributed by atoms with E-state index in [9.17, 15) is 28.1 Å². The molecule has 46 heavy (non-hydrogen) atoms. The summed E-state index contributed by atoms with van der Waals surface area (Å²) < 4.78 is 34.8. The zero-order valence-electron chi connectivity index (χ0n) is 25.9. The first-order valence-corrected chi connectivity index (χ1v) is 16.9. The second-order valence-corrected chi connectivity index (χ2v) is 13.6. The van der Waals surface area contributed by atoms with Gasteiger partial charge in [-0.2, -0.15) is 0 Å². The normalized spacial score (nSPS) is 12.6. The highest BCUT2D eigenvalue weighted by atomic mass is 35.5. The number of aryl methyl sites for hydroxylation is 1. The van der Waals surface area contributed by atoms with E-state index in [4.69, 9.17) is 39.5 Å². The predicted octanol–water partition coefficient (Wildman–Crippen LogP) is 6.79. The number of hydrogen-bond donors (Lipinski definition) is 1. The largest absolute Gasteiger partial charge is 0.495 e. The van der Waals surface area contributed by atoms with Crippen molar-refractivity contribution in [3.63, 3.8) is 0 Å². The lowest BCUT2D eigenvalue weighted by Gasteiger charge is -2.34. The number of ether oxygens (including phenoxy) is 1. The van der Waals surface area contributed by atoms with Crippen LogP contribution in [0.5, 0.6) is 5.75 Å². The quantitative estimate of drug-likeness (QED) is 0.143. The van der Waals surface area contributed by atoms with Crippen molar-refractivity contribution in [2.75, 3.05) is 18.0 Å². The number of halogens is 3. The monoisotopic (exact) mass is 712 g/mol. The molecule has 248 valence electrons. The number of nitro benzene ring substituents is 1. The zero-order valence-corrected chi connectivity index (χ0v) is 29.0. The Kier molecular flexibility index (Phi) is 12.7. The highest BCUT2D eigenvalue weighted by Gasteiger charge is 2.36. The van der Waals surface area contributed by atoms with E-state index in [1.54, 1.807) is 25.1 Å². The summed E-state index contributed by atoms with van der Waals surface area (Å²) in [6, 6.07) is 11.2. The summed E-state index contributed by atoms with van der Waals surface area (Å²) in [5, 5.41) is 15.2. The highest BCUT2D eigenvalue weighted by molar-refractivity contribution is 7.92. The van der Waals surface area contributed by atoms with E-state index in [0.29, 0.717) is 12.0 Å². The average Bonchev–Trinajstić information content (AvgIpc) is 3.00. The van der Waals surface area contributed by atoms with Crippen molar-refractivity contribution in [3.05, 3.63) is 90.9 Å². The molecular formula is C31H35Cl3N4O7S. The van der Waals surface area contributed by atoms with Gasteiger partial charge >= 0.3 is 0 Å². The molecule has 0 spiro atoms. The second-order valence-electron chi connectivity index (χ2n) is 10.5. The van der Waals surface area contributed by atoms with Gasteiger partial charge in [-0.1, -0.05) is 60.8 Å². The first-order chi connectivity index (χ1) is 21.7. The van der Waals surface area contributed by atoms with Crippen LogP contribution in [0, 0.1) is 17.0 Å². The number of rotatable bonds is 14. The van der Waals surface area contributed by atoms with Gasteiger partial charge in [0.25, 0.3) is 15.7 Å². The van der Waals surface area contributed by atoms with Crippen LogP contribution in [0.2, 0.25) is 15.1 Å². The van der Waals surface area contributed by atoms with Gasteiger partial charge in [-0.15, -0.1) is 0 Å². The first kappa shape index (κ1) is 36.9. The molecule has 0 unspecified atom stereocenters. The van der Waals surface area contributed by atoms with Crippen molar-refractivity contribution >= 4 is 68.0 Å². The first-order valence-electron chi connectivity index (χ1n) is 14.3. The summed E-state index contributed by atoms with van der Waals surface area (Å²) in [7, 11) is -3.37. The topological polar surface area (TPSA) is 139 Å². The van der Waals surface area contributed by atoms with Gasteiger partial charge in [0.05, 0.1) is 22.6 Å². The van der Waals surface area contributed by atoms with Crippen LogP contribution in [-0.4, -0.2) is 55.8 Å². The molecule has 3 rings (SSSR count). The summed E-state index contributed by atoms with van der Waals surface area (Å²) in [4.78, 5) is 39.7. The molecule has 2 amide bonds. The molecule has 15 heteroatoms. The smallest absolute Gasteiger partial charge is 0.273 e. The minimum absolute atomic E-state index is 0.0599. The van der Waals surface area contributed by atoms with Gasteiger partial charge in [0, 0.05) is 44.8 Å². The van der Waals surface area contributed by atoms with E-state index in [2.05, 4.69) is 5.32 Å². The van der Waals surface area contributed by atoms with Gasteiger partial charge in [-0.3, -0.25) is 24.0 Å². The summed E-state index contributed by atoms with van der Waals surface area (Å²) in [5.41, 5.74) is 0.0817. The third-order valence-corrected chi connectivity index (χ3v) is 10.1. The molecule has 11 nitrogen and oxygen atoms in total. The Bertz CT molecular complexity index is 1700. The zero-order chi connectivity index (χ0) is 34.3. The average molecular weight is 714 g/mol. The lowest BCUT2D eigenvalue weighted by Crippen LogP contribution is -2.53. The number of benzene rings is 3. The van der Waals surface area contributed by atoms with E-state index in [-0.39, 0.29) is 51.1 Å². The van der Waals surface area contributed by atoms with Gasteiger partial charge in [0.1, 0.15) is 18.3 Å². The molecular weight excluding hydrogens is 679 g/mol. The molecule has 0 aliphatic rings. The molecule has 1 N–H and O–H groups in total. The van der Waals surface area contributed by atoms with Crippen molar-refractivity contribution in [3.8, 4) is 5.75 Å². The number of carbonyl (C=O) groups excluding carboxylic acids is 2. The van der Waals surface area contributed by atoms with Crippen LogP contribution in [0.15, 0.2) is 59.5 Å². The third kappa shape index (κ3) is 8.41. The standard InChI is InChI=1S/C31H35Cl3N4O7S/c1-6-20(4)35-31(40)26(7-2)36(17-23-24(33)9-8-10-25(23)34)30(39)18-37(28-15-21(32)12-14-29(28)45-5)46(43,44)22-13-11-19(3)27(16-22)38(41)42/h8-16,20,26H,6-7,17-18H2,1-5H3,(H,35,40)/t20-,26-/m0/s1. The lowest BCUT2D eigenvalue weighted by atomic mass is 10.1. The number of anilines is 1. The Morgan fingerprint density at radius 1 is 1.02 bits per heavy atom. The van der Waals surface area contributed by atoms with Crippen molar-refractivity contribution < 1.29 is 27.7 Å². The minimum Gasteiger partial charge on any atom is -0.495 e. The molecule has 0 aliphatic heterocycles. The molecule has 0 aromatic heterocycles. The Morgan fingerprint density at radius 3 is 2.24 bits per heavy atom. The van der Waals surface area contributed by atoms with Crippen molar-refractivity contribution in [2.45, 2.75) is 64.1 Å². The van der Waals surface area contributed by atoms with Crippen LogP contribution in [0.4, 0.5) is 11.4 Å². The summed E-state index contributed by atoms with van der Waals surface area (Å²) in [6.07, 6.45) is 0.809. The molecule has 3 aromatic rings. The van der Waals surface area contributed by atoms with E-state index in [0.717, 1.165) is 10.4 Å². The van der Waals surface area contributed by atoms with E-state index < -0.39 is 49.9 Å². The number of amides is 2. The molecule has 0 aliphatic carbocycles. The third-order valence-electron chi connectivity index (χ3n) is 7.43. The van der Waals surface area contributed by atoms with Gasteiger partial charge in [0.2, 0.25) is 11.8 Å². The number of carbonyl (C=O) groups is 2. The highest BCUT2D eigenvalue weighted by Crippen LogP contribution is 2.36. The maximum Gasteiger partial charge on any atom is 0.273 e. The maximum absolute atomic E-state index is 14.4. The Balaban J connectivity index is 2.23. The Morgan fingerprint density at radius 2 is 1.67 bits per heavy atom. The number of sulfonamides is 1. The van der Waals surface area contributed by atoms with Gasteiger partial charge < -0.3 is 15.0 Å². The van der Waals surface area contributed by atoms with Gasteiger partial charge in [0.15, 0.2) is 0 Å². The predicted molar refractivity (Wildman–Crippen MR) is 179 cm³/mol. The number of nitrogens with one attached hydrogen (secondary N) is 1. The molecule has 0 bridgehead atoms. The van der Waals surface area contributed by atoms with Gasteiger partial charge in [-0.25, -0.2) is 8.42 Å². The number of methoxy groups -OCH3 is 1. The van der Waals surface area contributed by atoms with E-state index >= 15 is 0 Å². The van der Waals surface area contributed by atoms with Gasteiger partial charge in [-0.05, 0) is 63.1 Å². The molecule has 0 fully saturated rings. The molecule has 0 saturated carbocycles. The van der Waals surface area contributed by atoms with Crippen LogP contribution >= 0.6 is 34.8 Å². The summed E-state index contributed by atoms with van der Waals surface area (Å²) in [6.45, 7) is 5.85. The fraction of sp³-hybridized carbons (Fsp3) is 0.355. The number of hydrogen-bond acceptors (Lipinski definition) is 7. The molecule has 0 radical (unpaired) electrons. The lowest BCUT2D eigenvalue weighted by molar-refractivity contribution is -0.385. The summed E-state index contributed by atoms with van der Waals surface area (Å²) in [5.74, 6) is -1.17. The maximum atomic E-state index is 14.4. The fourth-order valence-corrected chi connectivity index (χ4v) is 6.78. The molecule has 3 aromatic carbocycles. The summed E-state index contributed by atoms with van der Waals surface area (Å²) >= 11 is 19.2. The van der Waals surface area contributed by atoms with Crippen molar-refractivity contribution in [2.24, 2.45) is 0 Å². The van der Waals surface area contributed by atoms with Crippen LogP contribution in [-0.2, 0) is 26.2 Å². The van der Waals surface area contributed by atoms with Crippen LogP contribution in [0.3, 0.4) is 0 Å². The number of nitro groups is 1. The van der Waals surface area contributed by atoms with E-state index in [1.807, 2.05) is 13.8 Å². The van der Waals surface area contributed by atoms with E-state index in [1.165, 1.54) is 49.3 Å². The number of nitrogens with zero attached hydrogens (tertiary/aromatic N) is 3. The van der Waals surface area contributed by atoms with Crippen LogP contribution in [0.25, 0.3) is 0 Å². The van der Waals surface area contributed by atoms with Crippen molar-refractivity contribution in [1.82, 2.24) is 10.2 Å². The molecule has 0 saturated heterocycles.